The third-order valence-electron chi connectivity index (χ3n) is 4.63. The second-order valence-corrected chi connectivity index (χ2v) is 6.36. The molecule has 1 aliphatic rings. The van der Waals surface area contributed by atoms with Crippen LogP contribution in [0.5, 0.6) is 0 Å². The number of nitrogens with one attached hydrogen (secondary N) is 1. The van der Waals surface area contributed by atoms with Crippen molar-refractivity contribution in [2.45, 2.75) is 25.9 Å². The number of aromatic nitrogens is 3. The van der Waals surface area contributed by atoms with E-state index in [0.29, 0.717) is 31.0 Å². The molecular weight excluding hydrogens is 333 g/mol. The second-order valence-electron chi connectivity index (χ2n) is 6.36. The lowest BCUT2D eigenvalue weighted by molar-refractivity contribution is -0.129. The number of rotatable bonds is 2. The summed E-state index contributed by atoms with van der Waals surface area (Å²) >= 11 is 0. The molecule has 0 spiro atoms. The number of carbonyl (C=O) groups excluding carboxylic acids is 1. The van der Waals surface area contributed by atoms with Gasteiger partial charge in [-0.3, -0.25) is 9.78 Å². The molecule has 3 heterocycles. The highest BCUT2D eigenvalue weighted by Gasteiger charge is 2.24. The Kier molecular flexibility index (Phi) is 4.20. The number of fused-ring (bicyclic) bond motifs is 2. The van der Waals surface area contributed by atoms with Gasteiger partial charge in [0.25, 0.3) is 0 Å². The number of benzene rings is 1. The lowest BCUT2D eigenvalue weighted by Crippen LogP contribution is -2.28. The van der Waals surface area contributed by atoms with Gasteiger partial charge in [-0.05, 0) is 41.8 Å². The van der Waals surface area contributed by atoms with Crippen molar-refractivity contribution in [3.8, 4) is 0 Å². The molecule has 1 aliphatic heterocycles. The summed E-state index contributed by atoms with van der Waals surface area (Å²) in [7, 11) is 0. The minimum Gasteiger partial charge on any atom is -0.363 e. The Bertz CT molecular complexity index is 977. The average Bonchev–Trinajstić information content (AvgIpc) is 2.81. The van der Waals surface area contributed by atoms with Crippen LogP contribution in [-0.2, 0) is 11.3 Å². The fourth-order valence-corrected chi connectivity index (χ4v) is 3.31. The van der Waals surface area contributed by atoms with Crippen LogP contribution in [0.25, 0.3) is 11.2 Å². The first-order chi connectivity index (χ1) is 12.6. The quantitative estimate of drug-likeness (QED) is 0.768. The third-order valence-corrected chi connectivity index (χ3v) is 4.63. The largest absolute Gasteiger partial charge is 0.363 e. The van der Waals surface area contributed by atoms with Crippen molar-refractivity contribution < 1.29 is 9.18 Å². The van der Waals surface area contributed by atoms with Crippen molar-refractivity contribution in [3.63, 3.8) is 0 Å². The highest BCUT2D eigenvalue weighted by molar-refractivity contribution is 5.73. The fraction of sp³-hybridized carbons (Fsp3) is 0.263. The average molecular weight is 351 g/mol. The van der Waals surface area contributed by atoms with Crippen molar-refractivity contribution in [2.75, 3.05) is 11.9 Å². The topological polar surface area (TPSA) is 71.0 Å². The highest BCUT2D eigenvalue weighted by Crippen LogP contribution is 2.30. The molecule has 0 saturated heterocycles. The first-order valence-corrected chi connectivity index (χ1v) is 8.48. The van der Waals surface area contributed by atoms with E-state index in [9.17, 15) is 9.18 Å². The van der Waals surface area contributed by atoms with Gasteiger partial charge in [0, 0.05) is 32.4 Å². The van der Waals surface area contributed by atoms with Crippen LogP contribution < -0.4 is 5.32 Å². The Morgan fingerprint density at radius 1 is 1.23 bits per heavy atom. The van der Waals surface area contributed by atoms with E-state index in [-0.39, 0.29) is 17.8 Å². The summed E-state index contributed by atoms with van der Waals surface area (Å²) in [5, 5.41) is 3.41. The maximum atomic E-state index is 13.7. The van der Waals surface area contributed by atoms with Crippen LogP contribution >= 0.6 is 0 Å². The zero-order chi connectivity index (χ0) is 18.1. The summed E-state index contributed by atoms with van der Waals surface area (Å²) in [6.45, 7) is 2.55. The number of amides is 1. The summed E-state index contributed by atoms with van der Waals surface area (Å²) in [6, 6.07) is 8.39. The minimum atomic E-state index is -0.299. The summed E-state index contributed by atoms with van der Waals surface area (Å²) < 4.78 is 13.7. The molecule has 1 atom stereocenters. The summed E-state index contributed by atoms with van der Waals surface area (Å²) in [5.41, 5.74) is 3.09. The van der Waals surface area contributed by atoms with E-state index in [1.807, 2.05) is 12.1 Å². The van der Waals surface area contributed by atoms with Gasteiger partial charge in [0.2, 0.25) is 5.91 Å². The molecule has 0 bridgehead atoms. The van der Waals surface area contributed by atoms with E-state index in [4.69, 9.17) is 0 Å². The van der Waals surface area contributed by atoms with Gasteiger partial charge in [-0.2, -0.15) is 0 Å². The zero-order valence-electron chi connectivity index (χ0n) is 14.3. The second kappa shape index (κ2) is 6.67. The Morgan fingerprint density at radius 2 is 2.08 bits per heavy atom. The van der Waals surface area contributed by atoms with Gasteiger partial charge in [-0.25, -0.2) is 14.4 Å². The van der Waals surface area contributed by atoms with E-state index in [1.54, 1.807) is 23.4 Å². The number of carbonyl (C=O) groups is 1. The Morgan fingerprint density at radius 3 is 2.92 bits per heavy atom. The smallest absolute Gasteiger partial charge is 0.219 e. The monoisotopic (exact) mass is 351 g/mol. The maximum absolute atomic E-state index is 13.7. The van der Waals surface area contributed by atoms with Crippen molar-refractivity contribution in [3.05, 3.63) is 59.7 Å². The first-order valence-electron chi connectivity index (χ1n) is 8.48. The molecule has 1 aromatic carbocycles. The van der Waals surface area contributed by atoms with Crippen molar-refractivity contribution in [2.24, 2.45) is 0 Å². The van der Waals surface area contributed by atoms with Crippen LogP contribution in [0.4, 0.5) is 10.2 Å². The number of halogens is 1. The Labute approximate surface area is 150 Å². The molecule has 0 fully saturated rings. The molecule has 2 aromatic heterocycles. The fourth-order valence-electron chi connectivity index (χ4n) is 3.31. The van der Waals surface area contributed by atoms with Crippen molar-refractivity contribution >= 4 is 22.9 Å². The Hall–Kier alpha value is -3.09. The summed E-state index contributed by atoms with van der Waals surface area (Å²) in [6.07, 6.45) is 3.94. The van der Waals surface area contributed by atoms with Crippen LogP contribution in [-0.4, -0.2) is 32.3 Å². The first kappa shape index (κ1) is 16.4. The molecule has 7 heteroatoms. The number of hydrogen-bond donors (Lipinski definition) is 1. The van der Waals surface area contributed by atoms with E-state index in [0.717, 1.165) is 16.6 Å². The molecule has 0 saturated carbocycles. The third kappa shape index (κ3) is 3.20. The molecule has 0 aliphatic carbocycles. The van der Waals surface area contributed by atoms with Crippen molar-refractivity contribution in [1.82, 2.24) is 19.9 Å². The van der Waals surface area contributed by atoms with Crippen LogP contribution in [0.1, 0.15) is 30.5 Å². The number of hydrogen-bond acceptors (Lipinski definition) is 5. The molecule has 4 rings (SSSR count). The molecule has 6 nitrogen and oxygen atoms in total. The molecule has 132 valence electrons. The summed E-state index contributed by atoms with van der Waals surface area (Å²) in [5.74, 6) is 0.363. The predicted octanol–water partition coefficient (Wildman–Crippen LogP) is 3.07. The maximum Gasteiger partial charge on any atom is 0.219 e. The van der Waals surface area contributed by atoms with Crippen LogP contribution in [0.2, 0.25) is 0 Å². The minimum absolute atomic E-state index is 0.0139. The van der Waals surface area contributed by atoms with Gasteiger partial charge >= 0.3 is 0 Å². The standard InChI is InChI=1S/C19H18FN5O/c1-12(26)25-9-6-16(15-3-2-14(20)10-13(15)11-25)23-18-5-4-17-19(24-18)22-8-7-21-17/h2-5,7-8,10,16H,6,9,11H2,1H3,(H,22,23,24). The number of anilines is 1. The lowest BCUT2D eigenvalue weighted by Gasteiger charge is -2.20. The van der Waals surface area contributed by atoms with Gasteiger partial charge in [0.05, 0.1) is 6.04 Å². The van der Waals surface area contributed by atoms with E-state index < -0.39 is 0 Å². The molecule has 1 amide bonds. The van der Waals surface area contributed by atoms with Crippen LogP contribution in [0.15, 0.2) is 42.7 Å². The van der Waals surface area contributed by atoms with Gasteiger partial charge in [0.1, 0.15) is 17.2 Å². The molecule has 0 radical (unpaired) electrons. The van der Waals surface area contributed by atoms with E-state index >= 15 is 0 Å². The number of nitrogens with zero attached hydrogens (tertiary/aromatic N) is 4. The van der Waals surface area contributed by atoms with Crippen LogP contribution in [0.3, 0.4) is 0 Å². The lowest BCUT2D eigenvalue weighted by atomic mass is 9.99. The van der Waals surface area contributed by atoms with E-state index in [2.05, 4.69) is 20.3 Å². The molecule has 1 N–H and O–H groups in total. The van der Waals surface area contributed by atoms with Crippen LogP contribution in [0, 0.1) is 5.82 Å². The molecule has 1 unspecified atom stereocenters. The van der Waals surface area contributed by atoms with E-state index in [1.165, 1.54) is 19.1 Å². The number of pyridine rings is 1. The van der Waals surface area contributed by atoms with Gasteiger partial charge in [0.15, 0.2) is 5.65 Å². The predicted molar refractivity (Wildman–Crippen MR) is 95.8 cm³/mol. The van der Waals surface area contributed by atoms with Gasteiger partial charge < -0.3 is 10.2 Å². The highest BCUT2D eigenvalue weighted by atomic mass is 19.1. The molecular formula is C19H18FN5O. The van der Waals surface area contributed by atoms with Gasteiger partial charge in [-0.1, -0.05) is 6.07 Å². The Balaban J connectivity index is 1.67. The normalized spacial score (nSPS) is 16.8. The zero-order valence-corrected chi connectivity index (χ0v) is 14.3. The molecule has 3 aromatic rings. The molecule has 26 heavy (non-hydrogen) atoms. The summed E-state index contributed by atoms with van der Waals surface area (Å²) in [4.78, 5) is 26.5. The SMILES string of the molecule is CC(=O)N1CCC(Nc2ccc3nccnc3n2)c2ccc(F)cc2C1. The van der Waals surface area contributed by atoms with Crippen molar-refractivity contribution in [1.29, 1.82) is 0 Å². The van der Waals surface area contributed by atoms with Gasteiger partial charge in [-0.15, -0.1) is 0 Å².